The van der Waals surface area contributed by atoms with Crippen molar-refractivity contribution in [1.29, 1.82) is 5.26 Å². The molecule has 0 amide bonds. The minimum Gasteiger partial charge on any atom is -0.208 e. The van der Waals surface area contributed by atoms with E-state index in [9.17, 15) is 5.26 Å². The van der Waals surface area contributed by atoms with E-state index >= 15 is 0 Å². The van der Waals surface area contributed by atoms with Gasteiger partial charge in [-0.15, -0.1) is 0 Å². The van der Waals surface area contributed by atoms with Crippen molar-refractivity contribution in [2.75, 3.05) is 0 Å². The lowest BCUT2D eigenvalue weighted by Gasteiger charge is -2.15. The second kappa shape index (κ2) is 12.6. The zero-order chi connectivity index (χ0) is 32.3. The van der Waals surface area contributed by atoms with Crippen LogP contribution in [0.25, 0.3) is 78.3 Å². The molecular formula is C44H28N4. The monoisotopic (exact) mass is 612 g/mol. The number of hydrogen-bond donors (Lipinski definition) is 0. The Morgan fingerprint density at radius 3 is 1.42 bits per heavy atom. The average molecular weight is 613 g/mol. The highest BCUT2D eigenvalue weighted by atomic mass is 15.0. The van der Waals surface area contributed by atoms with Gasteiger partial charge in [-0.25, -0.2) is 15.0 Å². The Balaban J connectivity index is 1.22. The van der Waals surface area contributed by atoms with Crippen LogP contribution in [0.4, 0.5) is 0 Å². The van der Waals surface area contributed by atoms with E-state index in [1.165, 1.54) is 16.3 Å². The van der Waals surface area contributed by atoms with Crippen molar-refractivity contribution >= 4 is 10.8 Å². The predicted molar refractivity (Wildman–Crippen MR) is 195 cm³/mol. The van der Waals surface area contributed by atoms with Gasteiger partial charge in [-0.1, -0.05) is 164 Å². The van der Waals surface area contributed by atoms with Crippen LogP contribution in [0.2, 0.25) is 0 Å². The largest absolute Gasteiger partial charge is 0.208 e. The molecule has 4 nitrogen and oxygen atoms in total. The molecule has 0 radical (unpaired) electrons. The van der Waals surface area contributed by atoms with Crippen molar-refractivity contribution in [3.05, 3.63) is 175 Å². The van der Waals surface area contributed by atoms with Crippen molar-refractivity contribution in [3.63, 3.8) is 0 Å². The zero-order valence-corrected chi connectivity index (χ0v) is 26.0. The van der Waals surface area contributed by atoms with E-state index in [1.807, 2.05) is 84.9 Å². The lowest BCUT2D eigenvalue weighted by Crippen LogP contribution is -2.00. The molecule has 0 unspecified atom stereocenters. The lowest BCUT2D eigenvalue weighted by molar-refractivity contribution is 1.07. The fourth-order valence-corrected chi connectivity index (χ4v) is 6.21. The number of benzene rings is 7. The van der Waals surface area contributed by atoms with Crippen LogP contribution >= 0.6 is 0 Å². The third-order valence-corrected chi connectivity index (χ3v) is 8.61. The summed E-state index contributed by atoms with van der Waals surface area (Å²) in [6.07, 6.45) is 0. The summed E-state index contributed by atoms with van der Waals surface area (Å²) in [6, 6.07) is 60.0. The molecule has 0 aliphatic carbocycles. The molecular weight excluding hydrogens is 585 g/mol. The first kappa shape index (κ1) is 28.8. The van der Waals surface area contributed by atoms with Gasteiger partial charge < -0.3 is 0 Å². The molecule has 0 spiro atoms. The third-order valence-electron chi connectivity index (χ3n) is 8.61. The first-order chi connectivity index (χ1) is 23.7. The van der Waals surface area contributed by atoms with Crippen molar-refractivity contribution in [2.45, 2.75) is 0 Å². The van der Waals surface area contributed by atoms with E-state index < -0.39 is 0 Å². The topological polar surface area (TPSA) is 62.5 Å². The van der Waals surface area contributed by atoms with Crippen LogP contribution in [0.5, 0.6) is 0 Å². The fraction of sp³-hybridized carbons (Fsp3) is 0. The van der Waals surface area contributed by atoms with Crippen LogP contribution in [-0.2, 0) is 0 Å². The molecule has 7 aromatic carbocycles. The van der Waals surface area contributed by atoms with Gasteiger partial charge in [0, 0.05) is 16.7 Å². The Labute approximate surface area is 279 Å². The summed E-state index contributed by atoms with van der Waals surface area (Å²) in [5.41, 5.74) is 9.93. The Hall–Kier alpha value is -6.70. The van der Waals surface area contributed by atoms with E-state index in [4.69, 9.17) is 15.0 Å². The zero-order valence-electron chi connectivity index (χ0n) is 26.0. The summed E-state index contributed by atoms with van der Waals surface area (Å²) in [5, 5.41) is 12.0. The molecule has 4 heteroatoms. The second-order valence-electron chi connectivity index (χ2n) is 11.6. The standard InChI is InChI=1S/C44H28N4/c45-29-37-16-8-9-17-38(37)31-19-23-33(24-20-31)41-39-18-10-7-11-30(39)27-28-40(41)32-21-25-36(26-22-32)44-47-42(34-12-3-1-4-13-34)46-43(48-44)35-14-5-2-6-15-35/h1-28H. The highest BCUT2D eigenvalue weighted by molar-refractivity contribution is 6.04. The van der Waals surface area contributed by atoms with Gasteiger partial charge in [0.25, 0.3) is 0 Å². The van der Waals surface area contributed by atoms with Gasteiger partial charge in [-0.3, -0.25) is 0 Å². The molecule has 0 atom stereocenters. The van der Waals surface area contributed by atoms with Gasteiger partial charge in [0.1, 0.15) is 0 Å². The van der Waals surface area contributed by atoms with E-state index in [2.05, 4.69) is 91.0 Å². The summed E-state index contributed by atoms with van der Waals surface area (Å²) in [6.45, 7) is 0. The van der Waals surface area contributed by atoms with Crippen LogP contribution in [0.15, 0.2) is 170 Å². The van der Waals surface area contributed by atoms with Crippen LogP contribution in [0.3, 0.4) is 0 Å². The van der Waals surface area contributed by atoms with Crippen LogP contribution < -0.4 is 0 Å². The van der Waals surface area contributed by atoms with Gasteiger partial charge in [-0.05, 0) is 50.2 Å². The number of hydrogen-bond acceptors (Lipinski definition) is 4. The van der Waals surface area contributed by atoms with Gasteiger partial charge in [0.05, 0.1) is 11.6 Å². The molecule has 0 fully saturated rings. The Morgan fingerprint density at radius 2 is 0.812 bits per heavy atom. The average Bonchev–Trinajstić information content (AvgIpc) is 3.18. The lowest BCUT2D eigenvalue weighted by atomic mass is 9.88. The van der Waals surface area contributed by atoms with E-state index in [0.29, 0.717) is 23.0 Å². The molecule has 0 N–H and O–H groups in total. The maximum atomic E-state index is 9.66. The second-order valence-corrected chi connectivity index (χ2v) is 11.6. The fourth-order valence-electron chi connectivity index (χ4n) is 6.21. The number of aromatic nitrogens is 3. The summed E-state index contributed by atoms with van der Waals surface area (Å²) in [7, 11) is 0. The summed E-state index contributed by atoms with van der Waals surface area (Å²) >= 11 is 0. The number of nitrogens with zero attached hydrogens (tertiary/aromatic N) is 4. The quantitative estimate of drug-likeness (QED) is 0.187. The summed E-state index contributed by atoms with van der Waals surface area (Å²) in [5.74, 6) is 1.91. The van der Waals surface area contributed by atoms with Gasteiger partial charge in [0.15, 0.2) is 17.5 Å². The molecule has 8 rings (SSSR count). The molecule has 1 aromatic heterocycles. The maximum Gasteiger partial charge on any atom is 0.164 e. The van der Waals surface area contributed by atoms with Crippen LogP contribution in [-0.4, -0.2) is 15.0 Å². The van der Waals surface area contributed by atoms with E-state index in [-0.39, 0.29) is 0 Å². The van der Waals surface area contributed by atoms with E-state index in [1.54, 1.807) is 0 Å². The highest BCUT2D eigenvalue weighted by Crippen LogP contribution is 2.39. The van der Waals surface area contributed by atoms with Gasteiger partial charge >= 0.3 is 0 Å². The van der Waals surface area contributed by atoms with Crippen molar-refractivity contribution in [3.8, 4) is 73.6 Å². The number of nitriles is 1. The van der Waals surface area contributed by atoms with Crippen molar-refractivity contribution in [1.82, 2.24) is 15.0 Å². The molecule has 8 aromatic rings. The molecule has 0 bridgehead atoms. The minimum absolute atomic E-state index is 0.626. The summed E-state index contributed by atoms with van der Waals surface area (Å²) in [4.78, 5) is 14.7. The molecule has 48 heavy (non-hydrogen) atoms. The first-order valence-corrected chi connectivity index (χ1v) is 15.8. The molecule has 0 aliphatic heterocycles. The molecule has 0 aliphatic rings. The Morgan fingerprint density at radius 1 is 0.354 bits per heavy atom. The van der Waals surface area contributed by atoms with Crippen molar-refractivity contribution in [2.24, 2.45) is 0 Å². The van der Waals surface area contributed by atoms with Crippen LogP contribution in [0.1, 0.15) is 5.56 Å². The van der Waals surface area contributed by atoms with Gasteiger partial charge in [0.2, 0.25) is 0 Å². The van der Waals surface area contributed by atoms with Crippen molar-refractivity contribution < 1.29 is 0 Å². The highest BCUT2D eigenvalue weighted by Gasteiger charge is 2.15. The smallest absolute Gasteiger partial charge is 0.164 e. The molecule has 224 valence electrons. The van der Waals surface area contributed by atoms with Crippen LogP contribution in [0, 0.1) is 11.3 Å². The normalized spacial score (nSPS) is 10.9. The molecule has 0 saturated heterocycles. The number of rotatable bonds is 6. The minimum atomic E-state index is 0.626. The Bertz CT molecular complexity index is 2370. The maximum absolute atomic E-state index is 9.66. The number of fused-ring (bicyclic) bond motifs is 1. The third kappa shape index (κ3) is 5.51. The Kier molecular flexibility index (Phi) is 7.54. The predicted octanol–water partition coefficient (Wildman–Crippen LogP) is 10.9. The van der Waals surface area contributed by atoms with Gasteiger partial charge in [-0.2, -0.15) is 5.26 Å². The van der Waals surface area contributed by atoms with E-state index in [0.717, 1.165) is 44.5 Å². The SMILES string of the molecule is N#Cc1ccccc1-c1ccc(-c2c(-c3ccc(-c4nc(-c5ccccc5)nc(-c5ccccc5)n4)cc3)ccc3ccccc23)cc1. The molecule has 1 heterocycles. The summed E-state index contributed by atoms with van der Waals surface area (Å²) < 4.78 is 0. The molecule has 0 saturated carbocycles. The first-order valence-electron chi connectivity index (χ1n) is 15.8.